The lowest BCUT2D eigenvalue weighted by molar-refractivity contribution is 0.102. The van der Waals surface area contributed by atoms with Gasteiger partial charge in [0.05, 0.1) is 7.11 Å². The Kier molecular flexibility index (Phi) is 8.39. The monoisotopic (exact) mass is 554 g/mol. The SMILES string of the molecule is COc1ccc(C(=O)c2ccc(Oc3ccc(C(=O)c4ccc(C(=O)c5ccc(C(C)C)cc5)cc4)cc3)cc2)cc1. The summed E-state index contributed by atoms with van der Waals surface area (Å²) < 4.78 is 11.1. The number of carbonyl (C=O) groups excluding carboxylic acids is 3. The van der Waals surface area contributed by atoms with Crippen LogP contribution >= 0.6 is 0 Å². The Morgan fingerprint density at radius 2 is 0.690 bits per heavy atom. The lowest BCUT2D eigenvalue weighted by atomic mass is 9.96. The van der Waals surface area contributed by atoms with E-state index in [4.69, 9.17) is 9.47 Å². The zero-order valence-electron chi connectivity index (χ0n) is 23.7. The molecule has 0 radical (unpaired) electrons. The van der Waals surface area contributed by atoms with E-state index in [-0.39, 0.29) is 17.3 Å². The standard InChI is InChI=1S/C37H30O5/c1-24(2)25-4-6-26(7-5-25)35(38)27-8-10-28(11-9-27)36(39)30-14-20-33(21-15-30)42-34-22-16-31(17-23-34)37(40)29-12-18-32(41-3)19-13-29/h4-24H,1-3H3. The minimum atomic E-state index is -0.150. The van der Waals surface area contributed by atoms with Gasteiger partial charge in [-0.2, -0.15) is 0 Å². The quantitative estimate of drug-likeness (QED) is 0.162. The van der Waals surface area contributed by atoms with Crippen molar-refractivity contribution in [1.29, 1.82) is 0 Å². The zero-order chi connectivity index (χ0) is 29.6. The number of ketones is 3. The van der Waals surface area contributed by atoms with E-state index in [1.54, 1.807) is 104 Å². The van der Waals surface area contributed by atoms with Gasteiger partial charge >= 0.3 is 0 Å². The van der Waals surface area contributed by atoms with Gasteiger partial charge in [0.1, 0.15) is 17.2 Å². The molecule has 5 aromatic rings. The number of ether oxygens (including phenoxy) is 2. The maximum absolute atomic E-state index is 13.1. The molecule has 0 saturated heterocycles. The summed E-state index contributed by atoms with van der Waals surface area (Å²) in [6, 6.07) is 35.1. The van der Waals surface area contributed by atoms with E-state index in [0.29, 0.717) is 56.5 Å². The maximum Gasteiger partial charge on any atom is 0.193 e. The van der Waals surface area contributed by atoms with E-state index >= 15 is 0 Å². The van der Waals surface area contributed by atoms with Crippen molar-refractivity contribution in [2.45, 2.75) is 19.8 Å². The lowest BCUT2D eigenvalue weighted by Crippen LogP contribution is -2.04. The molecule has 0 aliphatic heterocycles. The first kappa shape index (κ1) is 28.2. The van der Waals surface area contributed by atoms with Gasteiger partial charge in [0.15, 0.2) is 17.3 Å². The molecule has 0 unspecified atom stereocenters. The van der Waals surface area contributed by atoms with Gasteiger partial charge in [0, 0.05) is 33.4 Å². The third-order valence-corrected chi connectivity index (χ3v) is 7.07. The Bertz CT molecular complexity index is 1700. The van der Waals surface area contributed by atoms with Crippen LogP contribution in [-0.2, 0) is 0 Å². The van der Waals surface area contributed by atoms with Gasteiger partial charge in [-0.1, -0.05) is 62.4 Å². The molecular formula is C37H30O5. The van der Waals surface area contributed by atoms with Crippen molar-refractivity contribution >= 4 is 17.3 Å². The lowest BCUT2D eigenvalue weighted by Gasteiger charge is -2.09. The van der Waals surface area contributed by atoms with Crippen LogP contribution < -0.4 is 9.47 Å². The van der Waals surface area contributed by atoms with Gasteiger partial charge in [-0.25, -0.2) is 0 Å². The van der Waals surface area contributed by atoms with E-state index < -0.39 is 0 Å². The molecule has 0 atom stereocenters. The third kappa shape index (κ3) is 6.37. The molecule has 5 rings (SSSR count). The van der Waals surface area contributed by atoms with Crippen LogP contribution in [0.1, 0.15) is 73.1 Å². The molecule has 0 spiro atoms. The topological polar surface area (TPSA) is 69.7 Å². The van der Waals surface area contributed by atoms with Crippen molar-refractivity contribution in [3.8, 4) is 17.2 Å². The fraction of sp³-hybridized carbons (Fsp3) is 0.108. The molecule has 0 fully saturated rings. The van der Waals surface area contributed by atoms with Crippen LogP contribution in [0, 0.1) is 0 Å². The normalized spacial score (nSPS) is 10.8. The molecule has 0 saturated carbocycles. The second-order valence-corrected chi connectivity index (χ2v) is 10.2. The number of benzene rings is 5. The summed E-state index contributed by atoms with van der Waals surface area (Å²) in [5.41, 5.74) is 4.45. The van der Waals surface area contributed by atoms with Crippen LogP contribution in [0.25, 0.3) is 0 Å². The summed E-state index contributed by atoms with van der Waals surface area (Å²) >= 11 is 0. The molecular weight excluding hydrogens is 524 g/mol. The average molecular weight is 555 g/mol. The van der Waals surface area contributed by atoms with Crippen LogP contribution in [0.15, 0.2) is 121 Å². The van der Waals surface area contributed by atoms with Gasteiger partial charge in [-0.3, -0.25) is 14.4 Å². The molecule has 0 amide bonds. The number of carbonyl (C=O) groups is 3. The molecule has 0 aliphatic rings. The number of methoxy groups -OCH3 is 1. The zero-order valence-corrected chi connectivity index (χ0v) is 23.7. The molecule has 5 heteroatoms. The highest BCUT2D eigenvalue weighted by atomic mass is 16.5. The summed E-state index contributed by atoms with van der Waals surface area (Å²) in [7, 11) is 1.58. The largest absolute Gasteiger partial charge is 0.497 e. The van der Waals surface area contributed by atoms with Gasteiger partial charge in [0.25, 0.3) is 0 Å². The first-order chi connectivity index (χ1) is 20.3. The number of hydrogen-bond donors (Lipinski definition) is 0. The molecule has 0 heterocycles. The predicted octanol–water partition coefficient (Wildman–Crippen LogP) is 8.30. The van der Waals surface area contributed by atoms with Crippen molar-refractivity contribution in [3.63, 3.8) is 0 Å². The minimum absolute atomic E-state index is 0.0797. The Labute approximate surface area is 245 Å². The molecule has 0 bridgehead atoms. The summed E-state index contributed by atoms with van der Waals surface area (Å²) in [5.74, 6) is 1.90. The third-order valence-electron chi connectivity index (χ3n) is 7.07. The first-order valence-corrected chi connectivity index (χ1v) is 13.7. The van der Waals surface area contributed by atoms with Crippen LogP contribution in [-0.4, -0.2) is 24.5 Å². The van der Waals surface area contributed by atoms with Crippen LogP contribution in [0.2, 0.25) is 0 Å². The van der Waals surface area contributed by atoms with Gasteiger partial charge in [0.2, 0.25) is 0 Å². The van der Waals surface area contributed by atoms with Crippen molar-refractivity contribution < 1.29 is 23.9 Å². The van der Waals surface area contributed by atoms with Crippen LogP contribution in [0.4, 0.5) is 0 Å². The predicted molar refractivity (Wildman–Crippen MR) is 163 cm³/mol. The van der Waals surface area contributed by atoms with Gasteiger partial charge < -0.3 is 9.47 Å². The van der Waals surface area contributed by atoms with Crippen LogP contribution in [0.3, 0.4) is 0 Å². The van der Waals surface area contributed by atoms with Gasteiger partial charge in [-0.15, -0.1) is 0 Å². The molecule has 0 aromatic heterocycles. The van der Waals surface area contributed by atoms with Crippen molar-refractivity contribution in [2.75, 3.05) is 7.11 Å². The van der Waals surface area contributed by atoms with E-state index in [9.17, 15) is 14.4 Å². The molecule has 5 aromatic carbocycles. The maximum atomic E-state index is 13.1. The molecule has 208 valence electrons. The van der Waals surface area contributed by atoms with E-state index in [0.717, 1.165) is 0 Å². The summed E-state index contributed by atoms with van der Waals surface area (Å²) in [6.07, 6.45) is 0. The molecule has 5 nitrogen and oxygen atoms in total. The van der Waals surface area contributed by atoms with Crippen molar-refractivity contribution in [1.82, 2.24) is 0 Å². The van der Waals surface area contributed by atoms with Crippen molar-refractivity contribution in [2.24, 2.45) is 0 Å². The summed E-state index contributed by atoms with van der Waals surface area (Å²) in [6.45, 7) is 4.23. The summed E-state index contributed by atoms with van der Waals surface area (Å²) in [5, 5.41) is 0. The Balaban J connectivity index is 1.20. The molecule has 42 heavy (non-hydrogen) atoms. The number of rotatable bonds is 10. The van der Waals surface area contributed by atoms with E-state index in [1.807, 2.05) is 24.3 Å². The fourth-order valence-corrected chi connectivity index (χ4v) is 4.52. The fourth-order valence-electron chi connectivity index (χ4n) is 4.52. The van der Waals surface area contributed by atoms with Crippen molar-refractivity contribution in [3.05, 3.63) is 160 Å². The Morgan fingerprint density at radius 3 is 0.976 bits per heavy atom. The van der Waals surface area contributed by atoms with Gasteiger partial charge in [-0.05, 0) is 84.3 Å². The second kappa shape index (κ2) is 12.5. The minimum Gasteiger partial charge on any atom is -0.497 e. The number of hydrogen-bond acceptors (Lipinski definition) is 5. The molecule has 0 N–H and O–H groups in total. The van der Waals surface area contributed by atoms with Crippen LogP contribution in [0.5, 0.6) is 17.2 Å². The second-order valence-electron chi connectivity index (χ2n) is 10.2. The highest BCUT2D eigenvalue weighted by Gasteiger charge is 2.14. The smallest absolute Gasteiger partial charge is 0.193 e. The highest BCUT2D eigenvalue weighted by Crippen LogP contribution is 2.25. The summed E-state index contributed by atoms with van der Waals surface area (Å²) in [4.78, 5) is 38.7. The molecule has 0 aliphatic carbocycles. The van der Waals surface area contributed by atoms with E-state index in [2.05, 4.69) is 13.8 Å². The van der Waals surface area contributed by atoms with E-state index in [1.165, 1.54) is 5.56 Å². The first-order valence-electron chi connectivity index (χ1n) is 13.7. The Hall–Kier alpha value is -5.29. The highest BCUT2D eigenvalue weighted by molar-refractivity contribution is 6.12. The Morgan fingerprint density at radius 1 is 0.429 bits per heavy atom. The average Bonchev–Trinajstić information content (AvgIpc) is 3.04.